The number of halogens is 1. The Morgan fingerprint density at radius 2 is 1.57 bits per heavy atom. The molecule has 0 bridgehead atoms. The van der Waals surface area contributed by atoms with Crippen molar-refractivity contribution in [1.82, 2.24) is 9.97 Å². The molecule has 21 heavy (non-hydrogen) atoms. The summed E-state index contributed by atoms with van der Waals surface area (Å²) in [7, 11) is 0. The molecule has 5 atom stereocenters. The molecule has 0 aliphatic heterocycles. The molecule has 120 valence electrons. The molecule has 0 aliphatic carbocycles. The number of aliphatic hydroxyl groups is 6. The Kier molecular flexibility index (Phi) is 7.02. The molecular formula is C12H19FN2O6. The predicted octanol–water partition coefficient (Wildman–Crippen LogP) is -2.54. The van der Waals surface area contributed by atoms with Crippen LogP contribution in [0.4, 0.5) is 4.39 Å². The zero-order chi connectivity index (χ0) is 16.0. The third-order valence-corrected chi connectivity index (χ3v) is 2.94. The van der Waals surface area contributed by atoms with Crippen LogP contribution in [0.1, 0.15) is 17.5 Å². The van der Waals surface area contributed by atoms with Gasteiger partial charge in [0.05, 0.1) is 30.8 Å². The summed E-state index contributed by atoms with van der Waals surface area (Å²) in [5.74, 6) is 0. The van der Waals surface area contributed by atoms with Gasteiger partial charge in [-0.25, -0.2) is 4.39 Å². The number of aromatic nitrogens is 2. The van der Waals surface area contributed by atoms with Crippen molar-refractivity contribution in [2.75, 3.05) is 13.2 Å². The highest BCUT2D eigenvalue weighted by Crippen LogP contribution is 2.17. The van der Waals surface area contributed by atoms with Gasteiger partial charge in [-0.05, 0) is 0 Å². The van der Waals surface area contributed by atoms with Crippen LogP contribution in [0.5, 0.6) is 0 Å². The minimum Gasteiger partial charge on any atom is -0.394 e. The Hall–Kier alpha value is -1.23. The molecule has 1 aromatic rings. The molecule has 0 unspecified atom stereocenters. The summed E-state index contributed by atoms with van der Waals surface area (Å²) in [5, 5.41) is 54.8. The second kappa shape index (κ2) is 8.27. The average Bonchev–Trinajstić information content (AvgIpc) is 2.52. The molecule has 1 aromatic heterocycles. The maximum absolute atomic E-state index is 13.4. The highest BCUT2D eigenvalue weighted by Gasteiger charge is 2.27. The van der Waals surface area contributed by atoms with Crippen LogP contribution in [-0.4, -0.2) is 78.3 Å². The molecule has 6 N–H and O–H groups in total. The fourth-order valence-corrected chi connectivity index (χ4v) is 1.57. The highest BCUT2D eigenvalue weighted by molar-refractivity contribution is 5.08. The lowest BCUT2D eigenvalue weighted by Gasteiger charge is -2.21. The van der Waals surface area contributed by atoms with E-state index in [2.05, 4.69) is 9.97 Å². The predicted molar refractivity (Wildman–Crippen MR) is 67.8 cm³/mol. The molecule has 1 rings (SSSR count). The van der Waals surface area contributed by atoms with Crippen molar-refractivity contribution in [2.45, 2.75) is 37.0 Å². The Balaban J connectivity index is 2.69. The molecular weight excluding hydrogens is 287 g/mol. The van der Waals surface area contributed by atoms with E-state index in [1.165, 1.54) is 0 Å². The van der Waals surface area contributed by atoms with E-state index in [0.717, 1.165) is 12.4 Å². The molecule has 0 spiro atoms. The SMILES string of the molecule is OC[C@@H](O)[C@@H](O)[C@H](O)c1cnc(C[C@H](F)[C@H](O)CO)cn1. The molecule has 0 saturated carbocycles. The summed E-state index contributed by atoms with van der Waals surface area (Å²) in [6.45, 7) is -1.44. The van der Waals surface area contributed by atoms with Crippen LogP contribution in [-0.2, 0) is 6.42 Å². The number of aliphatic hydroxyl groups excluding tert-OH is 6. The summed E-state index contributed by atoms with van der Waals surface area (Å²) in [6, 6.07) is 0. The standard InChI is InChI=1S/C12H19FN2O6/c13-7(9(18)4-16)1-6-2-15-8(3-14-6)11(20)12(21)10(19)5-17/h2-3,7,9-12,16-21H,1,4-5H2/t7-,9+,10+,11+,12+/m0/s1. The van der Waals surface area contributed by atoms with Gasteiger partial charge in [0.25, 0.3) is 0 Å². The van der Waals surface area contributed by atoms with E-state index < -0.39 is 43.8 Å². The number of hydrogen-bond acceptors (Lipinski definition) is 8. The van der Waals surface area contributed by atoms with Crippen molar-refractivity contribution in [2.24, 2.45) is 0 Å². The topological polar surface area (TPSA) is 147 Å². The van der Waals surface area contributed by atoms with Crippen LogP contribution >= 0.6 is 0 Å². The van der Waals surface area contributed by atoms with Gasteiger partial charge in [0, 0.05) is 12.6 Å². The summed E-state index contributed by atoms with van der Waals surface area (Å²) >= 11 is 0. The third kappa shape index (κ3) is 4.92. The van der Waals surface area contributed by atoms with Crippen LogP contribution in [0, 0.1) is 0 Å². The molecule has 0 radical (unpaired) electrons. The maximum Gasteiger partial charge on any atom is 0.134 e. The number of rotatable bonds is 8. The fourth-order valence-electron chi connectivity index (χ4n) is 1.57. The first-order valence-corrected chi connectivity index (χ1v) is 6.29. The lowest BCUT2D eigenvalue weighted by molar-refractivity contribution is -0.0790. The Morgan fingerprint density at radius 1 is 0.952 bits per heavy atom. The summed E-state index contributed by atoms with van der Waals surface area (Å²) in [6.07, 6.45) is -5.99. The van der Waals surface area contributed by atoms with E-state index in [1.54, 1.807) is 0 Å². The Labute approximate surface area is 120 Å². The maximum atomic E-state index is 13.4. The number of alkyl halides is 1. The second-order valence-corrected chi connectivity index (χ2v) is 4.59. The first kappa shape index (κ1) is 17.8. The smallest absolute Gasteiger partial charge is 0.134 e. The van der Waals surface area contributed by atoms with Crippen LogP contribution in [0.2, 0.25) is 0 Å². The Morgan fingerprint density at radius 3 is 2.05 bits per heavy atom. The van der Waals surface area contributed by atoms with Crippen LogP contribution in [0.25, 0.3) is 0 Å². The molecule has 0 amide bonds. The van der Waals surface area contributed by atoms with Gasteiger partial charge in [-0.15, -0.1) is 0 Å². The van der Waals surface area contributed by atoms with Gasteiger partial charge in [0.1, 0.15) is 30.6 Å². The fraction of sp³-hybridized carbons (Fsp3) is 0.667. The summed E-state index contributed by atoms with van der Waals surface area (Å²) in [5.41, 5.74) is 0.125. The van der Waals surface area contributed by atoms with Gasteiger partial charge < -0.3 is 30.6 Å². The lowest BCUT2D eigenvalue weighted by Crippen LogP contribution is -2.35. The quantitative estimate of drug-likeness (QED) is 0.308. The lowest BCUT2D eigenvalue weighted by atomic mass is 10.1. The van der Waals surface area contributed by atoms with Crippen molar-refractivity contribution >= 4 is 0 Å². The number of hydrogen-bond donors (Lipinski definition) is 6. The van der Waals surface area contributed by atoms with Gasteiger partial charge in [0.2, 0.25) is 0 Å². The Bertz CT molecular complexity index is 421. The van der Waals surface area contributed by atoms with E-state index in [1.807, 2.05) is 0 Å². The molecule has 1 heterocycles. The molecule has 0 saturated heterocycles. The minimum absolute atomic E-state index is 0.0585. The molecule has 9 heteroatoms. The molecule has 0 aromatic carbocycles. The number of nitrogens with zero attached hydrogens (tertiary/aromatic N) is 2. The van der Waals surface area contributed by atoms with E-state index in [4.69, 9.17) is 15.3 Å². The second-order valence-electron chi connectivity index (χ2n) is 4.59. The van der Waals surface area contributed by atoms with E-state index in [0.29, 0.717) is 0 Å². The largest absolute Gasteiger partial charge is 0.394 e. The first-order chi connectivity index (χ1) is 9.90. The highest BCUT2D eigenvalue weighted by atomic mass is 19.1. The zero-order valence-electron chi connectivity index (χ0n) is 11.1. The average molecular weight is 306 g/mol. The van der Waals surface area contributed by atoms with Gasteiger partial charge in [-0.3, -0.25) is 9.97 Å². The molecule has 8 nitrogen and oxygen atoms in total. The van der Waals surface area contributed by atoms with Crippen LogP contribution < -0.4 is 0 Å². The van der Waals surface area contributed by atoms with E-state index in [9.17, 15) is 19.7 Å². The van der Waals surface area contributed by atoms with Crippen molar-refractivity contribution in [1.29, 1.82) is 0 Å². The van der Waals surface area contributed by atoms with Gasteiger partial charge in [0.15, 0.2) is 0 Å². The minimum atomic E-state index is -1.71. The first-order valence-electron chi connectivity index (χ1n) is 6.29. The summed E-state index contributed by atoms with van der Waals surface area (Å²) in [4.78, 5) is 7.59. The van der Waals surface area contributed by atoms with Crippen LogP contribution in [0.3, 0.4) is 0 Å². The van der Waals surface area contributed by atoms with Gasteiger partial charge in [-0.2, -0.15) is 0 Å². The molecule has 0 fully saturated rings. The van der Waals surface area contributed by atoms with Crippen molar-refractivity contribution in [3.63, 3.8) is 0 Å². The van der Waals surface area contributed by atoms with Gasteiger partial charge >= 0.3 is 0 Å². The van der Waals surface area contributed by atoms with Crippen molar-refractivity contribution in [3.05, 3.63) is 23.8 Å². The monoisotopic (exact) mass is 306 g/mol. The van der Waals surface area contributed by atoms with Crippen LogP contribution in [0.15, 0.2) is 12.4 Å². The van der Waals surface area contributed by atoms with Crippen molar-refractivity contribution < 1.29 is 35.0 Å². The zero-order valence-corrected chi connectivity index (χ0v) is 11.1. The summed E-state index contributed by atoms with van der Waals surface area (Å²) < 4.78 is 13.4. The third-order valence-electron chi connectivity index (χ3n) is 2.94. The normalized spacial score (nSPS) is 18.8. The van der Waals surface area contributed by atoms with E-state index >= 15 is 0 Å². The van der Waals surface area contributed by atoms with Gasteiger partial charge in [-0.1, -0.05) is 0 Å². The van der Waals surface area contributed by atoms with Crippen molar-refractivity contribution in [3.8, 4) is 0 Å². The van der Waals surface area contributed by atoms with E-state index in [-0.39, 0.29) is 17.8 Å². The molecule has 0 aliphatic rings.